The van der Waals surface area contributed by atoms with Crippen LogP contribution in [0.15, 0.2) is 60.2 Å². The highest BCUT2D eigenvalue weighted by molar-refractivity contribution is 5.89. The SMILES string of the molecule is CC1=CC2C(C=C1)c1cc3ccccc3cc1N2C. The van der Waals surface area contributed by atoms with E-state index < -0.39 is 0 Å². The van der Waals surface area contributed by atoms with E-state index in [1.807, 2.05) is 0 Å². The lowest BCUT2D eigenvalue weighted by atomic mass is 9.88. The molecule has 0 bridgehead atoms. The number of fused-ring (bicyclic) bond motifs is 4. The molecule has 2 aromatic rings. The van der Waals surface area contributed by atoms with Gasteiger partial charge in [-0.25, -0.2) is 0 Å². The molecule has 0 fully saturated rings. The van der Waals surface area contributed by atoms with E-state index in [1.165, 1.54) is 27.6 Å². The van der Waals surface area contributed by atoms with Gasteiger partial charge in [0.2, 0.25) is 0 Å². The normalized spacial score (nSPS) is 24.3. The maximum absolute atomic E-state index is 2.42. The summed E-state index contributed by atoms with van der Waals surface area (Å²) in [5.74, 6) is 0.508. The summed E-state index contributed by atoms with van der Waals surface area (Å²) < 4.78 is 0. The lowest BCUT2D eigenvalue weighted by Gasteiger charge is -2.25. The molecule has 0 spiro atoms. The third-order valence-corrected chi connectivity index (χ3v) is 4.45. The molecule has 19 heavy (non-hydrogen) atoms. The number of benzene rings is 2. The molecule has 4 rings (SSSR count). The van der Waals surface area contributed by atoms with Gasteiger partial charge < -0.3 is 4.90 Å². The van der Waals surface area contributed by atoms with Gasteiger partial charge in [-0.05, 0) is 35.4 Å². The molecular formula is C18H17N. The van der Waals surface area contributed by atoms with Gasteiger partial charge in [0.25, 0.3) is 0 Å². The first-order valence-electron chi connectivity index (χ1n) is 6.86. The van der Waals surface area contributed by atoms with Crippen molar-refractivity contribution in [2.24, 2.45) is 0 Å². The van der Waals surface area contributed by atoms with Crippen molar-refractivity contribution < 1.29 is 0 Å². The first-order valence-corrected chi connectivity index (χ1v) is 6.86. The molecule has 2 unspecified atom stereocenters. The zero-order valence-corrected chi connectivity index (χ0v) is 11.3. The Morgan fingerprint density at radius 3 is 2.58 bits per heavy atom. The number of anilines is 1. The number of hydrogen-bond donors (Lipinski definition) is 0. The molecule has 0 amide bonds. The highest BCUT2D eigenvalue weighted by Crippen LogP contribution is 2.45. The number of hydrogen-bond acceptors (Lipinski definition) is 1. The Labute approximate surface area is 113 Å². The molecule has 2 aliphatic rings. The largest absolute Gasteiger partial charge is 0.367 e. The number of rotatable bonds is 0. The van der Waals surface area contributed by atoms with Crippen LogP contribution >= 0.6 is 0 Å². The summed E-state index contributed by atoms with van der Waals surface area (Å²) >= 11 is 0. The van der Waals surface area contributed by atoms with Gasteiger partial charge in [0, 0.05) is 18.7 Å². The van der Waals surface area contributed by atoms with E-state index >= 15 is 0 Å². The topological polar surface area (TPSA) is 3.24 Å². The van der Waals surface area contributed by atoms with Gasteiger partial charge in [0.15, 0.2) is 0 Å². The zero-order valence-electron chi connectivity index (χ0n) is 11.3. The minimum atomic E-state index is 0.483. The van der Waals surface area contributed by atoms with E-state index in [0.29, 0.717) is 12.0 Å². The maximum atomic E-state index is 2.42. The van der Waals surface area contributed by atoms with Crippen molar-refractivity contribution in [3.05, 3.63) is 65.8 Å². The van der Waals surface area contributed by atoms with Crippen LogP contribution in [0.3, 0.4) is 0 Å². The zero-order chi connectivity index (χ0) is 13.0. The molecule has 0 saturated heterocycles. The van der Waals surface area contributed by atoms with Gasteiger partial charge in [-0.1, -0.05) is 48.1 Å². The number of allylic oxidation sites excluding steroid dienone is 2. The molecule has 1 aliphatic heterocycles. The first kappa shape index (κ1) is 10.9. The smallest absolute Gasteiger partial charge is 0.0579 e. The molecule has 2 atom stereocenters. The molecule has 1 aliphatic carbocycles. The van der Waals surface area contributed by atoms with E-state index in [1.54, 1.807) is 0 Å². The van der Waals surface area contributed by atoms with Gasteiger partial charge in [-0.15, -0.1) is 0 Å². The van der Waals surface area contributed by atoms with Gasteiger partial charge in [0.05, 0.1) is 6.04 Å². The van der Waals surface area contributed by atoms with Crippen molar-refractivity contribution in [3.63, 3.8) is 0 Å². The summed E-state index contributed by atoms with van der Waals surface area (Å²) in [7, 11) is 2.21. The minimum absolute atomic E-state index is 0.483. The Kier molecular flexibility index (Phi) is 2.14. The Morgan fingerprint density at radius 1 is 1.05 bits per heavy atom. The van der Waals surface area contributed by atoms with Gasteiger partial charge in [0.1, 0.15) is 0 Å². The first-order chi connectivity index (χ1) is 9.24. The third-order valence-electron chi connectivity index (χ3n) is 4.45. The van der Waals surface area contributed by atoms with Crippen LogP contribution in [0.4, 0.5) is 5.69 Å². The summed E-state index contributed by atoms with van der Waals surface area (Å²) in [6.07, 6.45) is 6.99. The second-order valence-corrected chi connectivity index (χ2v) is 5.66. The Morgan fingerprint density at radius 2 is 1.79 bits per heavy atom. The van der Waals surface area contributed by atoms with Crippen LogP contribution in [0.5, 0.6) is 0 Å². The third kappa shape index (κ3) is 1.48. The molecular weight excluding hydrogens is 230 g/mol. The van der Waals surface area contributed by atoms with Crippen molar-refractivity contribution in [2.45, 2.75) is 18.9 Å². The van der Waals surface area contributed by atoms with Crippen LogP contribution in [0, 0.1) is 0 Å². The molecule has 94 valence electrons. The average Bonchev–Trinajstić information content (AvgIpc) is 2.69. The fourth-order valence-electron chi connectivity index (χ4n) is 3.42. The Bertz CT molecular complexity index is 724. The number of nitrogens with zero attached hydrogens (tertiary/aromatic N) is 1. The van der Waals surface area contributed by atoms with E-state index in [4.69, 9.17) is 0 Å². The molecule has 2 aromatic carbocycles. The second kappa shape index (κ2) is 3.74. The fourth-order valence-corrected chi connectivity index (χ4v) is 3.42. The predicted octanol–water partition coefficient (Wildman–Crippen LogP) is 4.26. The van der Waals surface area contributed by atoms with Crippen molar-refractivity contribution in [1.29, 1.82) is 0 Å². The van der Waals surface area contributed by atoms with Crippen molar-refractivity contribution >= 4 is 16.5 Å². The standard InChI is InChI=1S/C18H17N/c1-12-7-8-15-16-10-13-5-3-4-6-14(13)11-18(16)19(2)17(15)9-12/h3-11,15,17H,1-2H3. The van der Waals surface area contributed by atoms with Crippen LogP contribution in [-0.2, 0) is 0 Å². The fraction of sp³-hybridized carbons (Fsp3) is 0.222. The minimum Gasteiger partial charge on any atom is -0.367 e. The molecule has 0 N–H and O–H groups in total. The highest BCUT2D eigenvalue weighted by atomic mass is 15.2. The summed E-state index contributed by atoms with van der Waals surface area (Å²) in [5.41, 5.74) is 4.21. The van der Waals surface area contributed by atoms with E-state index in [-0.39, 0.29) is 0 Å². The number of likely N-dealkylation sites (N-methyl/N-ethyl adjacent to an activating group) is 1. The van der Waals surface area contributed by atoms with Crippen LogP contribution in [0.1, 0.15) is 18.4 Å². The summed E-state index contributed by atoms with van der Waals surface area (Å²) in [4.78, 5) is 2.42. The van der Waals surface area contributed by atoms with Gasteiger partial charge >= 0.3 is 0 Å². The Hall–Kier alpha value is -2.02. The van der Waals surface area contributed by atoms with Crippen LogP contribution < -0.4 is 4.90 Å². The lowest BCUT2D eigenvalue weighted by Crippen LogP contribution is -2.29. The lowest BCUT2D eigenvalue weighted by molar-refractivity contribution is 0.717. The quantitative estimate of drug-likeness (QED) is 0.672. The van der Waals surface area contributed by atoms with Crippen molar-refractivity contribution in [2.75, 3.05) is 11.9 Å². The summed E-state index contributed by atoms with van der Waals surface area (Å²) in [6, 6.07) is 13.8. The highest BCUT2D eigenvalue weighted by Gasteiger charge is 2.34. The predicted molar refractivity (Wildman–Crippen MR) is 81.8 cm³/mol. The Balaban J connectivity index is 1.96. The second-order valence-electron chi connectivity index (χ2n) is 5.66. The molecule has 0 saturated carbocycles. The van der Waals surface area contributed by atoms with E-state index in [0.717, 1.165) is 0 Å². The monoisotopic (exact) mass is 247 g/mol. The summed E-state index contributed by atoms with van der Waals surface area (Å²) in [5, 5.41) is 2.67. The summed E-state index contributed by atoms with van der Waals surface area (Å²) in [6.45, 7) is 2.18. The van der Waals surface area contributed by atoms with Crippen molar-refractivity contribution in [3.8, 4) is 0 Å². The van der Waals surface area contributed by atoms with Crippen LogP contribution in [-0.4, -0.2) is 13.1 Å². The maximum Gasteiger partial charge on any atom is 0.0579 e. The van der Waals surface area contributed by atoms with Crippen LogP contribution in [0.25, 0.3) is 10.8 Å². The van der Waals surface area contributed by atoms with Gasteiger partial charge in [-0.3, -0.25) is 0 Å². The molecule has 1 heteroatoms. The van der Waals surface area contributed by atoms with E-state index in [9.17, 15) is 0 Å². The van der Waals surface area contributed by atoms with Gasteiger partial charge in [-0.2, -0.15) is 0 Å². The van der Waals surface area contributed by atoms with Crippen molar-refractivity contribution in [1.82, 2.24) is 0 Å². The van der Waals surface area contributed by atoms with Crippen LogP contribution in [0.2, 0.25) is 0 Å². The molecule has 0 aromatic heterocycles. The molecule has 1 nitrogen and oxygen atoms in total. The molecule has 1 heterocycles. The average molecular weight is 247 g/mol. The molecule has 0 radical (unpaired) electrons. The van der Waals surface area contributed by atoms with E-state index in [2.05, 4.69) is 73.5 Å².